The molecule has 17 heavy (non-hydrogen) atoms. The number of thioether (sulfide) groups is 1. The fourth-order valence-electron chi connectivity index (χ4n) is 1.65. The highest BCUT2D eigenvalue weighted by Gasteiger charge is 2.05. The second-order valence-corrected chi connectivity index (χ2v) is 5.68. The van der Waals surface area contributed by atoms with E-state index in [1.54, 1.807) is 11.8 Å². The molecule has 1 nitrogen and oxygen atoms in total. The van der Waals surface area contributed by atoms with E-state index in [-0.39, 0.29) is 5.78 Å². The maximum absolute atomic E-state index is 11.9. The first-order valence-corrected chi connectivity index (χ1v) is 8.35. The van der Waals surface area contributed by atoms with Crippen LogP contribution in [0.1, 0.15) is 42.5 Å². The molecule has 94 valence electrons. The average molecular weight is 315 g/mol. The predicted molar refractivity (Wildman–Crippen MR) is 79.4 cm³/mol. The number of alkyl halides is 1. The summed E-state index contributed by atoms with van der Waals surface area (Å²) < 4.78 is 0. The van der Waals surface area contributed by atoms with Gasteiger partial charge in [0, 0.05) is 22.2 Å². The highest BCUT2D eigenvalue weighted by atomic mass is 79.9. The largest absolute Gasteiger partial charge is 0.294 e. The lowest BCUT2D eigenvalue weighted by atomic mass is 10.0. The molecule has 1 aromatic carbocycles. The van der Waals surface area contributed by atoms with Gasteiger partial charge in [-0.1, -0.05) is 40.9 Å². The lowest BCUT2D eigenvalue weighted by Gasteiger charge is -2.02. The van der Waals surface area contributed by atoms with Crippen LogP contribution >= 0.6 is 27.7 Å². The molecular weight excluding hydrogens is 296 g/mol. The summed E-state index contributed by atoms with van der Waals surface area (Å²) in [4.78, 5) is 13.1. The Kier molecular flexibility index (Phi) is 7.62. The van der Waals surface area contributed by atoms with Gasteiger partial charge in [0.25, 0.3) is 0 Å². The molecule has 0 fully saturated rings. The van der Waals surface area contributed by atoms with Crippen molar-refractivity contribution in [3.63, 3.8) is 0 Å². The summed E-state index contributed by atoms with van der Waals surface area (Å²) in [6.07, 6.45) is 7.30. The van der Waals surface area contributed by atoms with Crippen molar-refractivity contribution in [1.82, 2.24) is 0 Å². The molecule has 0 N–H and O–H groups in total. The number of halogens is 1. The molecule has 1 aromatic rings. The minimum Gasteiger partial charge on any atom is -0.294 e. The number of ketones is 1. The van der Waals surface area contributed by atoms with Gasteiger partial charge in [0.2, 0.25) is 0 Å². The average Bonchev–Trinajstić information content (AvgIpc) is 2.38. The number of Topliss-reactive ketones (excluding diaryl/α,β-unsaturated/α-hetero) is 1. The quantitative estimate of drug-likeness (QED) is 0.293. The van der Waals surface area contributed by atoms with Crippen LogP contribution in [0, 0.1) is 0 Å². The summed E-state index contributed by atoms with van der Waals surface area (Å²) in [5, 5.41) is 1.07. The molecule has 0 saturated carbocycles. The van der Waals surface area contributed by atoms with Crippen LogP contribution < -0.4 is 0 Å². The predicted octanol–water partition coefficient (Wildman–Crippen LogP) is 4.94. The van der Waals surface area contributed by atoms with Gasteiger partial charge in [-0.2, -0.15) is 0 Å². The van der Waals surface area contributed by atoms with E-state index in [0.717, 1.165) is 23.7 Å². The molecule has 0 atom stereocenters. The van der Waals surface area contributed by atoms with E-state index in [1.807, 2.05) is 30.5 Å². The summed E-state index contributed by atoms with van der Waals surface area (Å²) in [6, 6.07) is 7.91. The summed E-state index contributed by atoms with van der Waals surface area (Å²) in [7, 11) is 0. The van der Waals surface area contributed by atoms with Crippen molar-refractivity contribution in [2.24, 2.45) is 0 Å². The Morgan fingerprint density at radius 1 is 1.12 bits per heavy atom. The molecule has 0 aliphatic heterocycles. The van der Waals surface area contributed by atoms with Gasteiger partial charge < -0.3 is 0 Å². The number of hydrogen-bond acceptors (Lipinski definition) is 2. The van der Waals surface area contributed by atoms with Crippen LogP contribution in [0.15, 0.2) is 29.2 Å². The number of unbranched alkanes of at least 4 members (excludes halogenated alkanes) is 3. The molecule has 0 heterocycles. The minimum atomic E-state index is 0.275. The van der Waals surface area contributed by atoms with Gasteiger partial charge in [0.1, 0.15) is 0 Å². The number of hydrogen-bond donors (Lipinski definition) is 0. The van der Waals surface area contributed by atoms with Crippen molar-refractivity contribution in [2.45, 2.75) is 37.0 Å². The Labute approximate surface area is 117 Å². The van der Waals surface area contributed by atoms with E-state index in [0.29, 0.717) is 6.42 Å². The lowest BCUT2D eigenvalue weighted by Crippen LogP contribution is -1.98. The Balaban J connectivity index is 2.31. The van der Waals surface area contributed by atoms with Crippen LogP contribution in [0.5, 0.6) is 0 Å². The zero-order valence-electron chi connectivity index (χ0n) is 10.2. The van der Waals surface area contributed by atoms with Crippen LogP contribution in [0.3, 0.4) is 0 Å². The van der Waals surface area contributed by atoms with Crippen molar-refractivity contribution < 1.29 is 4.79 Å². The molecule has 0 saturated heterocycles. The van der Waals surface area contributed by atoms with Gasteiger partial charge in [0.05, 0.1) is 0 Å². The van der Waals surface area contributed by atoms with Crippen molar-refractivity contribution in [3.8, 4) is 0 Å². The van der Waals surface area contributed by atoms with E-state index in [4.69, 9.17) is 0 Å². The van der Waals surface area contributed by atoms with Crippen LogP contribution in [-0.2, 0) is 0 Å². The Bertz CT molecular complexity index is 335. The third kappa shape index (κ3) is 5.73. The number of carbonyl (C=O) groups is 1. The molecule has 0 amide bonds. The molecule has 0 aromatic heterocycles. The summed E-state index contributed by atoms with van der Waals surface area (Å²) in [5.41, 5.74) is 0.850. The van der Waals surface area contributed by atoms with Crippen molar-refractivity contribution in [3.05, 3.63) is 29.8 Å². The molecule has 0 radical (unpaired) electrons. The van der Waals surface area contributed by atoms with Crippen LogP contribution in [0.2, 0.25) is 0 Å². The van der Waals surface area contributed by atoms with E-state index >= 15 is 0 Å². The van der Waals surface area contributed by atoms with Gasteiger partial charge in [-0.3, -0.25) is 4.79 Å². The fourth-order valence-corrected chi connectivity index (χ4v) is 2.46. The number of rotatable bonds is 8. The van der Waals surface area contributed by atoms with E-state index in [9.17, 15) is 4.79 Å². The molecule has 1 rings (SSSR count). The third-order valence-electron chi connectivity index (χ3n) is 2.70. The first-order valence-electron chi connectivity index (χ1n) is 6.01. The monoisotopic (exact) mass is 314 g/mol. The van der Waals surface area contributed by atoms with Crippen LogP contribution in [0.25, 0.3) is 0 Å². The second-order valence-electron chi connectivity index (χ2n) is 4.00. The first-order chi connectivity index (χ1) is 8.27. The topological polar surface area (TPSA) is 17.1 Å². The van der Waals surface area contributed by atoms with Gasteiger partial charge in [-0.15, -0.1) is 11.8 Å². The molecule has 0 unspecified atom stereocenters. The molecule has 3 heteroatoms. The van der Waals surface area contributed by atoms with Crippen LogP contribution in [-0.4, -0.2) is 17.4 Å². The lowest BCUT2D eigenvalue weighted by molar-refractivity contribution is 0.0979. The summed E-state index contributed by atoms with van der Waals surface area (Å²) in [6.45, 7) is 0. The number of benzene rings is 1. The zero-order valence-corrected chi connectivity index (χ0v) is 12.6. The van der Waals surface area contributed by atoms with Gasteiger partial charge in [0.15, 0.2) is 5.78 Å². The highest BCUT2D eigenvalue weighted by molar-refractivity contribution is 9.09. The van der Waals surface area contributed by atoms with Crippen LogP contribution in [0.4, 0.5) is 0 Å². The van der Waals surface area contributed by atoms with E-state index in [2.05, 4.69) is 15.9 Å². The second kappa shape index (κ2) is 8.76. The van der Waals surface area contributed by atoms with Crippen molar-refractivity contribution in [1.29, 1.82) is 0 Å². The minimum absolute atomic E-state index is 0.275. The Hall–Kier alpha value is -0.280. The first kappa shape index (κ1) is 14.8. The fraction of sp³-hybridized carbons (Fsp3) is 0.500. The normalized spacial score (nSPS) is 10.5. The Morgan fingerprint density at radius 3 is 2.35 bits per heavy atom. The third-order valence-corrected chi connectivity index (χ3v) is 4.00. The molecular formula is C14H19BrOS. The molecule has 0 spiro atoms. The molecule has 0 bridgehead atoms. The van der Waals surface area contributed by atoms with Gasteiger partial charge >= 0.3 is 0 Å². The number of carbonyl (C=O) groups excluding carboxylic acids is 1. The standard InChI is InChI=1S/C14H19BrOS/c1-17-13-9-7-12(8-10-13)14(16)6-4-2-3-5-11-15/h7-10H,2-6,11H2,1H3. The maximum atomic E-state index is 11.9. The van der Waals surface area contributed by atoms with Crippen molar-refractivity contribution >= 4 is 33.5 Å². The Morgan fingerprint density at radius 2 is 1.76 bits per heavy atom. The maximum Gasteiger partial charge on any atom is 0.162 e. The smallest absolute Gasteiger partial charge is 0.162 e. The summed E-state index contributed by atoms with van der Waals surface area (Å²) in [5.74, 6) is 0.275. The van der Waals surface area contributed by atoms with E-state index in [1.165, 1.54) is 17.7 Å². The zero-order chi connectivity index (χ0) is 12.5. The van der Waals surface area contributed by atoms with Crippen molar-refractivity contribution in [2.75, 3.05) is 11.6 Å². The van der Waals surface area contributed by atoms with Gasteiger partial charge in [-0.05, 0) is 31.2 Å². The molecule has 0 aliphatic carbocycles. The summed E-state index contributed by atoms with van der Waals surface area (Å²) >= 11 is 5.11. The SMILES string of the molecule is CSc1ccc(C(=O)CCCCCCBr)cc1. The molecule has 0 aliphatic rings. The highest BCUT2D eigenvalue weighted by Crippen LogP contribution is 2.16. The van der Waals surface area contributed by atoms with Gasteiger partial charge in [-0.25, -0.2) is 0 Å². The van der Waals surface area contributed by atoms with E-state index < -0.39 is 0 Å².